The van der Waals surface area contributed by atoms with E-state index in [2.05, 4.69) is 4.98 Å². The topological polar surface area (TPSA) is 70.6 Å². The van der Waals surface area contributed by atoms with Crippen molar-refractivity contribution in [3.8, 4) is 0 Å². The highest BCUT2D eigenvalue weighted by molar-refractivity contribution is 8.18. The lowest BCUT2D eigenvalue weighted by Gasteiger charge is -2.27. The number of hydrogen-bond acceptors (Lipinski definition) is 5. The molecule has 1 aromatic rings. The van der Waals surface area contributed by atoms with Gasteiger partial charge in [0.05, 0.1) is 4.91 Å². The summed E-state index contributed by atoms with van der Waals surface area (Å²) in [7, 11) is 0. The van der Waals surface area contributed by atoms with Crippen LogP contribution < -0.4 is 0 Å². The highest BCUT2D eigenvalue weighted by atomic mass is 32.2. The van der Waals surface area contributed by atoms with Crippen molar-refractivity contribution in [3.63, 3.8) is 0 Å². The van der Waals surface area contributed by atoms with E-state index >= 15 is 0 Å². The summed E-state index contributed by atoms with van der Waals surface area (Å²) in [5.74, 6) is -0.556. The molecule has 7 heteroatoms. The summed E-state index contributed by atoms with van der Waals surface area (Å²) in [6.45, 7) is 1.25. The lowest BCUT2D eigenvalue weighted by atomic mass is 10.1. The van der Waals surface area contributed by atoms with E-state index < -0.39 is 5.91 Å². The summed E-state index contributed by atoms with van der Waals surface area (Å²) in [6, 6.07) is 3.51. The molecule has 2 aliphatic rings. The van der Waals surface area contributed by atoms with Crippen LogP contribution in [0.15, 0.2) is 29.4 Å². The molecule has 0 bridgehead atoms. The maximum atomic E-state index is 12.4. The van der Waals surface area contributed by atoms with Crippen molar-refractivity contribution in [2.75, 3.05) is 19.6 Å². The van der Waals surface area contributed by atoms with Crippen molar-refractivity contribution in [2.24, 2.45) is 0 Å². The Morgan fingerprint density at radius 1 is 1.17 bits per heavy atom. The largest absolute Gasteiger partial charge is 0.341 e. The lowest BCUT2D eigenvalue weighted by Crippen LogP contribution is -2.44. The number of thioether (sulfide) groups is 1. The summed E-state index contributed by atoms with van der Waals surface area (Å²) in [5.41, 5.74) is 0.799. The minimum Gasteiger partial charge on any atom is -0.341 e. The Labute approximate surface area is 138 Å². The third kappa shape index (κ3) is 3.61. The molecule has 0 aromatic carbocycles. The van der Waals surface area contributed by atoms with Gasteiger partial charge in [-0.05, 0) is 54.8 Å². The fourth-order valence-electron chi connectivity index (χ4n) is 2.63. The minimum absolute atomic E-state index is 0.155. The maximum absolute atomic E-state index is 12.4. The molecular weight excluding hydrogens is 314 g/mol. The molecule has 120 valence electrons. The van der Waals surface area contributed by atoms with Crippen LogP contribution in [0.1, 0.15) is 24.8 Å². The van der Waals surface area contributed by atoms with Crippen molar-refractivity contribution in [1.82, 2.24) is 14.8 Å². The number of rotatable bonds is 3. The second-order valence-corrected chi connectivity index (χ2v) is 6.48. The molecule has 2 fully saturated rings. The quantitative estimate of drug-likeness (QED) is 0.794. The molecular formula is C16H17N3O3S. The van der Waals surface area contributed by atoms with E-state index in [1.54, 1.807) is 35.5 Å². The molecule has 3 rings (SSSR count). The lowest BCUT2D eigenvalue weighted by molar-refractivity contribution is -0.136. The molecule has 0 N–H and O–H groups in total. The number of imide groups is 1. The molecule has 1 aromatic heterocycles. The second kappa shape index (κ2) is 6.95. The van der Waals surface area contributed by atoms with Gasteiger partial charge in [-0.2, -0.15) is 0 Å². The van der Waals surface area contributed by atoms with Gasteiger partial charge in [-0.15, -0.1) is 0 Å². The van der Waals surface area contributed by atoms with E-state index in [0.717, 1.165) is 41.5 Å². The van der Waals surface area contributed by atoms with Crippen LogP contribution in [-0.2, 0) is 9.59 Å². The van der Waals surface area contributed by atoms with Crippen molar-refractivity contribution in [3.05, 3.63) is 35.0 Å². The number of piperidine rings is 1. The van der Waals surface area contributed by atoms with E-state index in [9.17, 15) is 14.4 Å². The van der Waals surface area contributed by atoms with Gasteiger partial charge < -0.3 is 4.90 Å². The normalized spacial score (nSPS) is 20.4. The Bertz CT molecular complexity index is 654. The summed E-state index contributed by atoms with van der Waals surface area (Å²) < 4.78 is 0. The van der Waals surface area contributed by atoms with Crippen LogP contribution in [0.2, 0.25) is 0 Å². The summed E-state index contributed by atoms with van der Waals surface area (Å²) in [5, 5.41) is -0.388. The van der Waals surface area contributed by atoms with Crippen molar-refractivity contribution in [2.45, 2.75) is 19.3 Å². The van der Waals surface area contributed by atoms with E-state index in [-0.39, 0.29) is 17.7 Å². The van der Waals surface area contributed by atoms with Gasteiger partial charge in [-0.1, -0.05) is 0 Å². The fourth-order valence-corrected chi connectivity index (χ4v) is 3.46. The zero-order valence-electron chi connectivity index (χ0n) is 12.6. The molecule has 0 saturated carbocycles. The van der Waals surface area contributed by atoms with Gasteiger partial charge in [0.25, 0.3) is 11.1 Å². The summed E-state index contributed by atoms with van der Waals surface area (Å²) in [4.78, 5) is 43.7. The van der Waals surface area contributed by atoms with Crippen molar-refractivity contribution < 1.29 is 14.4 Å². The molecule has 0 unspecified atom stereocenters. The number of nitrogens with zero attached hydrogens (tertiary/aromatic N) is 3. The number of carbonyl (C=O) groups is 3. The Hall–Kier alpha value is -2.15. The summed E-state index contributed by atoms with van der Waals surface area (Å²) in [6.07, 6.45) is 7.98. The van der Waals surface area contributed by atoms with E-state index in [1.807, 2.05) is 0 Å². The molecule has 3 amide bonds. The third-order valence-electron chi connectivity index (χ3n) is 3.88. The number of amides is 3. The molecule has 2 saturated heterocycles. The number of hydrogen-bond donors (Lipinski definition) is 0. The van der Waals surface area contributed by atoms with Gasteiger partial charge in [0.15, 0.2) is 0 Å². The van der Waals surface area contributed by atoms with Crippen LogP contribution in [-0.4, -0.2) is 51.5 Å². The number of carbonyl (C=O) groups excluding carboxylic acids is 3. The van der Waals surface area contributed by atoms with Crippen molar-refractivity contribution in [1.29, 1.82) is 0 Å². The molecule has 6 nitrogen and oxygen atoms in total. The smallest absolute Gasteiger partial charge is 0.294 e. The Balaban J connectivity index is 1.69. The first kappa shape index (κ1) is 15.7. The fraction of sp³-hybridized carbons (Fsp3) is 0.375. The molecule has 0 radical (unpaired) electrons. The Morgan fingerprint density at radius 3 is 2.57 bits per heavy atom. The molecule has 0 aliphatic carbocycles. The number of aromatic nitrogens is 1. The van der Waals surface area contributed by atoms with Crippen LogP contribution in [0, 0.1) is 0 Å². The Morgan fingerprint density at radius 2 is 1.87 bits per heavy atom. The molecule has 2 aliphatic heterocycles. The first-order valence-corrected chi connectivity index (χ1v) is 8.40. The molecule has 23 heavy (non-hydrogen) atoms. The molecule has 0 spiro atoms. The zero-order chi connectivity index (χ0) is 16.2. The molecule has 3 heterocycles. The van der Waals surface area contributed by atoms with Gasteiger partial charge in [-0.3, -0.25) is 24.3 Å². The highest BCUT2D eigenvalue weighted by Crippen LogP contribution is 2.32. The van der Waals surface area contributed by atoms with Gasteiger partial charge in [0, 0.05) is 25.5 Å². The van der Waals surface area contributed by atoms with Crippen LogP contribution in [0.4, 0.5) is 4.79 Å². The average Bonchev–Trinajstić information content (AvgIpc) is 2.84. The van der Waals surface area contributed by atoms with Crippen LogP contribution >= 0.6 is 11.8 Å². The first-order valence-electron chi connectivity index (χ1n) is 7.58. The first-order chi connectivity index (χ1) is 11.1. The summed E-state index contributed by atoms with van der Waals surface area (Å²) >= 11 is 0.873. The minimum atomic E-state index is -0.401. The standard InChI is InChI=1S/C16H17N3O3S/c20-14(18-8-2-1-3-9-18)11-19-15(21)13(23-16(19)22)10-12-4-6-17-7-5-12/h4-7,10H,1-3,8-9,11H2/b13-10-. The van der Waals surface area contributed by atoms with E-state index in [4.69, 9.17) is 0 Å². The van der Waals surface area contributed by atoms with Gasteiger partial charge in [0.1, 0.15) is 6.54 Å². The highest BCUT2D eigenvalue weighted by Gasteiger charge is 2.37. The maximum Gasteiger partial charge on any atom is 0.294 e. The van der Waals surface area contributed by atoms with Gasteiger partial charge >= 0.3 is 0 Å². The SMILES string of the molecule is O=C(CN1C(=O)S/C(=C\c2ccncc2)C1=O)N1CCCCC1. The number of pyridine rings is 1. The average molecular weight is 331 g/mol. The van der Waals surface area contributed by atoms with Gasteiger partial charge in [-0.25, -0.2) is 0 Å². The predicted octanol–water partition coefficient (Wildman–Crippen LogP) is 2.13. The van der Waals surface area contributed by atoms with Crippen LogP contribution in [0.3, 0.4) is 0 Å². The molecule has 0 atom stereocenters. The zero-order valence-corrected chi connectivity index (χ0v) is 13.4. The Kier molecular flexibility index (Phi) is 4.76. The van der Waals surface area contributed by atoms with E-state index in [1.165, 1.54) is 0 Å². The van der Waals surface area contributed by atoms with E-state index in [0.29, 0.717) is 18.0 Å². The second-order valence-electron chi connectivity index (χ2n) is 5.49. The van der Waals surface area contributed by atoms with Gasteiger partial charge in [0.2, 0.25) is 5.91 Å². The van der Waals surface area contributed by atoms with Crippen molar-refractivity contribution >= 4 is 34.9 Å². The number of likely N-dealkylation sites (tertiary alicyclic amines) is 1. The predicted molar refractivity (Wildman–Crippen MR) is 87.3 cm³/mol. The third-order valence-corrected chi connectivity index (χ3v) is 4.79. The van der Waals surface area contributed by atoms with Crippen LogP contribution in [0.25, 0.3) is 6.08 Å². The monoisotopic (exact) mass is 331 g/mol. The van der Waals surface area contributed by atoms with Crippen LogP contribution in [0.5, 0.6) is 0 Å².